The number of halogens is 1. The zero-order valence-corrected chi connectivity index (χ0v) is 53.8. The lowest BCUT2D eigenvalue weighted by atomic mass is 10.2. The van der Waals surface area contributed by atoms with E-state index in [0.29, 0.717) is 55.7 Å². The van der Waals surface area contributed by atoms with Gasteiger partial charge >= 0.3 is 6.09 Å². The largest absolute Gasteiger partial charge is 0.444 e. The van der Waals surface area contributed by atoms with Gasteiger partial charge in [-0.25, -0.2) is 49.7 Å². The Bertz CT molecular complexity index is 3920. The molecule has 0 spiro atoms. The first-order valence-corrected chi connectivity index (χ1v) is 30.6. The average molecular weight is 1230 g/mol. The lowest BCUT2D eigenvalue weighted by Crippen LogP contribution is -2.36. The first kappa shape index (κ1) is 63.8. The highest BCUT2D eigenvalue weighted by Gasteiger charge is 2.32. The van der Waals surface area contributed by atoms with Crippen LogP contribution in [0.4, 0.5) is 22.2 Å². The molecule has 3 aliphatic heterocycles. The van der Waals surface area contributed by atoms with Crippen molar-refractivity contribution >= 4 is 79.8 Å². The SMILES string of the molecule is CCC(=O)Cl.CCC(=O)N1CCC(Nc2ncnc3c2nc(-c2cnn(CC)c2C)n3C)C1.CCn1ncc(-c2nc3c(NC4CCN(C(=O)OC(C)(C)C)C4)ncnc3n2C)c1C.CCn1ncc(-c2nc3c(NC4CCNC4)ncnc3n2C)c1C. The maximum atomic E-state index is 12.4. The third-order valence-corrected chi connectivity index (χ3v) is 16.2. The summed E-state index contributed by atoms with van der Waals surface area (Å²) < 4.78 is 17.3. The van der Waals surface area contributed by atoms with Gasteiger partial charge in [0, 0.05) is 122 Å². The van der Waals surface area contributed by atoms with Crippen LogP contribution in [-0.4, -0.2) is 178 Å². The molecule has 12 heterocycles. The molecular weight excluding hydrogens is 1140 g/mol. The highest BCUT2D eigenvalue weighted by molar-refractivity contribution is 6.63. The second kappa shape index (κ2) is 27.6. The number of hydrogen-bond acceptors (Lipinski definition) is 20. The van der Waals surface area contributed by atoms with Gasteiger partial charge < -0.3 is 49.5 Å². The van der Waals surface area contributed by atoms with Crippen molar-refractivity contribution in [2.24, 2.45) is 21.1 Å². The third kappa shape index (κ3) is 13.9. The molecule has 88 heavy (non-hydrogen) atoms. The molecule has 0 saturated carbocycles. The summed E-state index contributed by atoms with van der Waals surface area (Å²) in [7, 11) is 5.90. The summed E-state index contributed by atoms with van der Waals surface area (Å²) in [6, 6.07) is 0.627. The van der Waals surface area contributed by atoms with Crippen molar-refractivity contribution in [3.63, 3.8) is 0 Å². The molecule has 470 valence electrons. The van der Waals surface area contributed by atoms with E-state index in [4.69, 9.17) is 31.3 Å². The van der Waals surface area contributed by atoms with Crippen LogP contribution in [0.25, 0.3) is 67.7 Å². The number of aromatic nitrogens is 18. The third-order valence-electron chi connectivity index (χ3n) is 15.9. The van der Waals surface area contributed by atoms with Crippen molar-refractivity contribution < 1.29 is 19.1 Å². The van der Waals surface area contributed by atoms with E-state index in [0.717, 1.165) is 144 Å². The summed E-state index contributed by atoms with van der Waals surface area (Å²) >= 11 is 4.82. The quantitative estimate of drug-likeness (QED) is 0.0769. The Hall–Kier alpha value is -8.66. The number of nitrogens with zero attached hydrogens (tertiary/aromatic N) is 20. The number of anilines is 3. The van der Waals surface area contributed by atoms with E-state index in [9.17, 15) is 14.4 Å². The number of amides is 2. The van der Waals surface area contributed by atoms with Gasteiger partial charge in [-0.05, 0) is 99.7 Å². The van der Waals surface area contributed by atoms with Crippen molar-refractivity contribution in [2.45, 2.75) is 152 Å². The van der Waals surface area contributed by atoms with Gasteiger partial charge in [-0.1, -0.05) is 13.8 Å². The number of carbonyl (C=O) groups is 3. The van der Waals surface area contributed by atoms with Crippen LogP contribution in [0.1, 0.15) is 105 Å². The number of fused-ring (bicyclic) bond motifs is 3. The maximum Gasteiger partial charge on any atom is 0.410 e. The molecule has 0 aromatic carbocycles. The minimum atomic E-state index is -0.504. The molecule has 4 N–H and O–H groups in total. The van der Waals surface area contributed by atoms with E-state index >= 15 is 0 Å². The van der Waals surface area contributed by atoms with Crippen LogP contribution in [0.2, 0.25) is 0 Å². The maximum absolute atomic E-state index is 12.4. The summed E-state index contributed by atoms with van der Waals surface area (Å²) in [4.78, 5) is 78.6. The average Bonchev–Trinajstić information content (AvgIpc) is 2.87. The minimum Gasteiger partial charge on any atom is -0.444 e. The topological polar surface area (TPSA) is 299 Å². The fourth-order valence-electron chi connectivity index (χ4n) is 11.0. The van der Waals surface area contributed by atoms with Gasteiger partial charge in [-0.2, -0.15) is 15.3 Å². The van der Waals surface area contributed by atoms with E-state index < -0.39 is 5.60 Å². The number of likely N-dealkylation sites (tertiary alicyclic amines) is 2. The van der Waals surface area contributed by atoms with Crippen LogP contribution in [0.3, 0.4) is 0 Å². The van der Waals surface area contributed by atoms with Crippen LogP contribution < -0.4 is 21.3 Å². The zero-order chi connectivity index (χ0) is 63.1. The van der Waals surface area contributed by atoms with Crippen LogP contribution in [-0.2, 0) is 55.1 Å². The lowest BCUT2D eigenvalue weighted by molar-refractivity contribution is -0.129. The molecule has 28 nitrogen and oxygen atoms in total. The summed E-state index contributed by atoms with van der Waals surface area (Å²) in [5, 5.41) is 26.8. The van der Waals surface area contributed by atoms with Crippen molar-refractivity contribution in [3.05, 3.63) is 54.7 Å². The monoisotopic (exact) mass is 1230 g/mol. The standard InChI is InChI=1S/C21H30N8O2.C19H26N8O.C16H22N8.C3H5ClO/c1-7-29-13(2)15(10-24-29)18-26-16-17(22-12-23-19(16)27(18)6)25-14-8-9-28(11-14)20(30)31-21(3,4)5;1-5-15(28)26-8-7-13(10-26)23-17-16-19(21-11-20-17)25(4)18(24-16)14-9-22-27(6-2)12(14)3;1-4-24-10(2)12(8-20-24)15-22-13-14(21-11-5-6-17-7-11)18-9-19-16(13)23(15)3;1-2-3(4)5/h10,12,14H,7-9,11H2,1-6H3,(H,22,23,25);9,11,13H,5-8,10H2,1-4H3,(H,20,21,23);8-9,11,17H,4-7H2,1-3H3,(H,18,19,21);2H2,1H3. The zero-order valence-electron chi connectivity index (χ0n) is 53.1. The molecule has 9 aromatic heterocycles. The first-order valence-electron chi connectivity index (χ1n) is 30.2. The van der Waals surface area contributed by atoms with Crippen molar-refractivity contribution in [3.8, 4) is 34.2 Å². The van der Waals surface area contributed by atoms with Gasteiger partial charge in [0.05, 0.1) is 35.3 Å². The van der Waals surface area contributed by atoms with Crippen LogP contribution >= 0.6 is 11.6 Å². The second-order valence-electron chi connectivity index (χ2n) is 23.0. The Morgan fingerprint density at radius 1 is 0.568 bits per heavy atom. The van der Waals surface area contributed by atoms with Crippen molar-refractivity contribution in [2.75, 3.05) is 55.2 Å². The molecule has 3 unspecified atom stereocenters. The highest BCUT2D eigenvalue weighted by Crippen LogP contribution is 2.32. The Labute approximate surface area is 516 Å². The molecule has 3 fully saturated rings. The van der Waals surface area contributed by atoms with E-state index in [-0.39, 0.29) is 29.3 Å². The van der Waals surface area contributed by atoms with Crippen molar-refractivity contribution in [1.29, 1.82) is 0 Å². The molecular formula is C59H83ClN24O4. The first-order chi connectivity index (χ1) is 42.2. The number of rotatable bonds is 14. The molecule has 3 saturated heterocycles. The molecule has 0 bridgehead atoms. The number of imidazole rings is 3. The van der Waals surface area contributed by atoms with Crippen molar-refractivity contribution in [1.82, 2.24) is 103 Å². The van der Waals surface area contributed by atoms with E-state index in [2.05, 4.69) is 94.2 Å². The van der Waals surface area contributed by atoms with Gasteiger partial charge in [-0.3, -0.25) is 23.6 Å². The van der Waals surface area contributed by atoms with Gasteiger partial charge in [0.15, 0.2) is 50.9 Å². The molecule has 29 heteroatoms. The minimum absolute atomic E-state index is 0.0700. The highest BCUT2D eigenvalue weighted by atomic mass is 35.5. The van der Waals surface area contributed by atoms with Crippen LogP contribution in [0.5, 0.6) is 0 Å². The van der Waals surface area contributed by atoms with E-state index in [1.807, 2.05) is 114 Å². The van der Waals surface area contributed by atoms with Crippen LogP contribution in [0, 0.1) is 20.8 Å². The van der Waals surface area contributed by atoms with Gasteiger partial charge in [0.2, 0.25) is 11.1 Å². The number of ether oxygens (including phenoxy) is 1. The Morgan fingerprint density at radius 3 is 1.27 bits per heavy atom. The molecule has 3 atom stereocenters. The second-order valence-corrected chi connectivity index (χ2v) is 23.4. The summed E-state index contributed by atoms with van der Waals surface area (Å²) in [6.07, 6.45) is 13.8. The van der Waals surface area contributed by atoms with E-state index in [1.54, 1.807) is 30.8 Å². The number of nitrogens with one attached hydrogen (secondary N) is 4. The van der Waals surface area contributed by atoms with Gasteiger partial charge in [0.25, 0.3) is 0 Å². The predicted octanol–water partition coefficient (Wildman–Crippen LogP) is 7.45. The Morgan fingerprint density at radius 2 is 0.943 bits per heavy atom. The molecule has 3 aliphatic rings. The Balaban J connectivity index is 0.000000152. The number of hydrogen-bond donors (Lipinski definition) is 4. The molecule has 2 amide bonds. The summed E-state index contributed by atoms with van der Waals surface area (Å²) in [5.74, 6) is 4.88. The van der Waals surface area contributed by atoms with Crippen LogP contribution in [0.15, 0.2) is 37.6 Å². The Kier molecular flexibility index (Phi) is 20.0. The summed E-state index contributed by atoms with van der Waals surface area (Å²) in [6.45, 7) is 28.7. The van der Waals surface area contributed by atoms with Gasteiger partial charge in [0.1, 0.15) is 42.1 Å². The molecule has 0 radical (unpaired) electrons. The predicted molar refractivity (Wildman–Crippen MR) is 339 cm³/mol. The molecule has 12 rings (SSSR count). The normalized spacial score (nSPS) is 16.6. The fraction of sp³-hybridized carbons (Fsp3) is 0.542. The molecule has 9 aromatic rings. The van der Waals surface area contributed by atoms with E-state index in [1.165, 1.54) is 0 Å². The van der Waals surface area contributed by atoms with Gasteiger partial charge in [-0.15, -0.1) is 0 Å². The number of carbonyl (C=O) groups excluding carboxylic acids is 3. The fourth-order valence-corrected chi connectivity index (χ4v) is 11.0. The number of aryl methyl sites for hydroxylation is 6. The summed E-state index contributed by atoms with van der Waals surface area (Å²) in [5.41, 5.74) is 10.4. The lowest BCUT2D eigenvalue weighted by Gasteiger charge is -2.24. The molecule has 0 aliphatic carbocycles. The smallest absolute Gasteiger partial charge is 0.410 e.